The number of likely N-dealkylation sites (tertiary alicyclic amines) is 1. The fourth-order valence-corrected chi connectivity index (χ4v) is 3.37. The molecule has 1 aromatic heterocycles. The second-order valence-electron chi connectivity index (χ2n) is 6.72. The minimum Gasteiger partial charge on any atom is -0.349 e. The third-order valence-electron chi connectivity index (χ3n) is 4.79. The Morgan fingerprint density at radius 2 is 2.04 bits per heavy atom. The summed E-state index contributed by atoms with van der Waals surface area (Å²) in [6, 6.07) is 0.0875. The van der Waals surface area contributed by atoms with Crippen LogP contribution in [0.15, 0.2) is 0 Å². The van der Waals surface area contributed by atoms with Crippen LogP contribution >= 0.6 is 0 Å². The first-order valence-electron chi connectivity index (χ1n) is 8.36. The maximum absolute atomic E-state index is 12.6. The SMILES string of the molecule is CC[C@@H](NC(=O)[C@H]1CC(=O)N(C(C)C)C1)c1c(C)nn(C)c1C. The van der Waals surface area contributed by atoms with E-state index in [1.807, 2.05) is 39.4 Å². The molecule has 1 N–H and O–H groups in total. The predicted molar refractivity (Wildman–Crippen MR) is 88.8 cm³/mol. The van der Waals surface area contributed by atoms with Crippen molar-refractivity contribution in [3.8, 4) is 0 Å². The van der Waals surface area contributed by atoms with E-state index in [-0.39, 0.29) is 29.8 Å². The van der Waals surface area contributed by atoms with Crippen LogP contribution in [-0.4, -0.2) is 39.1 Å². The molecular formula is C17H28N4O2. The van der Waals surface area contributed by atoms with Gasteiger partial charge in [0.1, 0.15) is 0 Å². The van der Waals surface area contributed by atoms with Crippen molar-refractivity contribution < 1.29 is 9.59 Å². The molecule has 6 nitrogen and oxygen atoms in total. The quantitative estimate of drug-likeness (QED) is 0.900. The van der Waals surface area contributed by atoms with Crippen molar-refractivity contribution >= 4 is 11.8 Å². The fraction of sp³-hybridized carbons (Fsp3) is 0.706. The van der Waals surface area contributed by atoms with Gasteiger partial charge in [0.05, 0.1) is 17.7 Å². The zero-order valence-electron chi connectivity index (χ0n) is 15.0. The topological polar surface area (TPSA) is 67.2 Å². The largest absolute Gasteiger partial charge is 0.349 e. The minimum absolute atomic E-state index is 0.0315. The molecular weight excluding hydrogens is 292 g/mol. The summed E-state index contributed by atoms with van der Waals surface area (Å²) in [6.45, 7) is 10.5. The molecule has 1 aliphatic rings. The van der Waals surface area contributed by atoms with Gasteiger partial charge >= 0.3 is 0 Å². The van der Waals surface area contributed by atoms with Crippen molar-refractivity contribution in [3.63, 3.8) is 0 Å². The van der Waals surface area contributed by atoms with Gasteiger partial charge in [-0.15, -0.1) is 0 Å². The van der Waals surface area contributed by atoms with Gasteiger partial charge < -0.3 is 10.2 Å². The van der Waals surface area contributed by atoms with Gasteiger partial charge in [0.25, 0.3) is 0 Å². The number of aromatic nitrogens is 2. The van der Waals surface area contributed by atoms with Gasteiger partial charge in [-0.3, -0.25) is 14.3 Å². The Balaban J connectivity index is 2.11. The van der Waals surface area contributed by atoms with Gasteiger partial charge in [-0.25, -0.2) is 0 Å². The summed E-state index contributed by atoms with van der Waals surface area (Å²) in [5, 5.41) is 7.56. The van der Waals surface area contributed by atoms with Crippen LogP contribution in [0.3, 0.4) is 0 Å². The van der Waals surface area contributed by atoms with E-state index in [1.165, 1.54) is 0 Å². The molecule has 128 valence electrons. The summed E-state index contributed by atoms with van der Waals surface area (Å²) in [6.07, 6.45) is 1.11. The highest BCUT2D eigenvalue weighted by Crippen LogP contribution is 2.26. The lowest BCUT2D eigenvalue weighted by atomic mass is 10.0. The fourth-order valence-electron chi connectivity index (χ4n) is 3.37. The maximum Gasteiger partial charge on any atom is 0.225 e. The maximum atomic E-state index is 12.6. The third kappa shape index (κ3) is 3.41. The van der Waals surface area contributed by atoms with E-state index in [0.717, 1.165) is 23.4 Å². The zero-order chi connectivity index (χ0) is 17.3. The molecule has 1 aliphatic heterocycles. The number of rotatable bonds is 5. The van der Waals surface area contributed by atoms with Gasteiger partial charge in [-0.05, 0) is 34.1 Å². The van der Waals surface area contributed by atoms with Crippen molar-refractivity contribution in [1.29, 1.82) is 0 Å². The Morgan fingerprint density at radius 1 is 1.39 bits per heavy atom. The van der Waals surface area contributed by atoms with Gasteiger partial charge in [-0.1, -0.05) is 6.92 Å². The lowest BCUT2D eigenvalue weighted by Gasteiger charge is -2.22. The Morgan fingerprint density at radius 3 is 2.48 bits per heavy atom. The Bertz CT molecular complexity index is 606. The van der Waals surface area contributed by atoms with E-state index in [0.29, 0.717) is 13.0 Å². The number of carbonyl (C=O) groups excluding carboxylic acids is 2. The minimum atomic E-state index is -0.253. The summed E-state index contributed by atoms with van der Waals surface area (Å²) in [5.41, 5.74) is 3.11. The van der Waals surface area contributed by atoms with Gasteiger partial charge in [0.2, 0.25) is 11.8 Å². The van der Waals surface area contributed by atoms with Crippen LogP contribution in [0, 0.1) is 19.8 Å². The summed E-state index contributed by atoms with van der Waals surface area (Å²) < 4.78 is 1.85. The number of hydrogen-bond acceptors (Lipinski definition) is 3. The average molecular weight is 320 g/mol. The molecule has 2 heterocycles. The summed E-state index contributed by atoms with van der Waals surface area (Å²) in [7, 11) is 1.91. The van der Waals surface area contributed by atoms with Gasteiger partial charge in [-0.2, -0.15) is 5.10 Å². The van der Waals surface area contributed by atoms with Crippen molar-refractivity contribution in [2.24, 2.45) is 13.0 Å². The van der Waals surface area contributed by atoms with E-state index in [9.17, 15) is 9.59 Å². The molecule has 1 saturated heterocycles. The molecule has 2 rings (SSSR count). The summed E-state index contributed by atoms with van der Waals surface area (Å²) >= 11 is 0. The molecule has 0 spiro atoms. The van der Waals surface area contributed by atoms with Crippen LogP contribution in [0.5, 0.6) is 0 Å². The van der Waals surface area contributed by atoms with Gasteiger partial charge in [0, 0.05) is 37.3 Å². The molecule has 0 aliphatic carbocycles. The molecule has 1 fully saturated rings. The summed E-state index contributed by atoms with van der Waals surface area (Å²) in [4.78, 5) is 26.4. The van der Waals surface area contributed by atoms with E-state index in [4.69, 9.17) is 0 Å². The second kappa shape index (κ2) is 6.72. The first kappa shape index (κ1) is 17.5. The molecule has 2 atom stereocenters. The molecule has 2 amide bonds. The molecule has 0 unspecified atom stereocenters. The number of hydrogen-bond donors (Lipinski definition) is 1. The molecule has 6 heteroatoms. The summed E-state index contributed by atoms with van der Waals surface area (Å²) in [5.74, 6) is -0.214. The van der Waals surface area contributed by atoms with E-state index >= 15 is 0 Å². The van der Waals surface area contributed by atoms with Crippen LogP contribution in [0.2, 0.25) is 0 Å². The number of amides is 2. The monoisotopic (exact) mass is 320 g/mol. The molecule has 0 bridgehead atoms. The van der Waals surface area contributed by atoms with E-state index < -0.39 is 0 Å². The van der Waals surface area contributed by atoms with Crippen LogP contribution < -0.4 is 5.32 Å². The lowest BCUT2D eigenvalue weighted by Crippen LogP contribution is -2.37. The highest BCUT2D eigenvalue weighted by Gasteiger charge is 2.36. The van der Waals surface area contributed by atoms with Crippen LogP contribution in [-0.2, 0) is 16.6 Å². The van der Waals surface area contributed by atoms with Crippen molar-refractivity contribution in [1.82, 2.24) is 20.0 Å². The molecule has 0 radical (unpaired) electrons. The second-order valence-corrected chi connectivity index (χ2v) is 6.72. The number of carbonyl (C=O) groups is 2. The highest BCUT2D eigenvalue weighted by molar-refractivity contribution is 5.89. The average Bonchev–Trinajstić information content (AvgIpc) is 2.98. The lowest BCUT2D eigenvalue weighted by molar-refractivity contribution is -0.130. The predicted octanol–water partition coefficient (Wildman–Crippen LogP) is 1.86. The van der Waals surface area contributed by atoms with Crippen LogP contribution in [0.1, 0.15) is 56.6 Å². The Labute approximate surface area is 138 Å². The smallest absolute Gasteiger partial charge is 0.225 e. The molecule has 0 saturated carbocycles. The van der Waals surface area contributed by atoms with E-state index in [1.54, 1.807) is 4.90 Å². The van der Waals surface area contributed by atoms with E-state index in [2.05, 4.69) is 17.3 Å². The van der Waals surface area contributed by atoms with Crippen molar-refractivity contribution in [3.05, 3.63) is 17.0 Å². The molecule has 1 aromatic rings. The first-order valence-corrected chi connectivity index (χ1v) is 8.36. The third-order valence-corrected chi connectivity index (χ3v) is 4.79. The van der Waals surface area contributed by atoms with Crippen LogP contribution in [0.25, 0.3) is 0 Å². The first-order chi connectivity index (χ1) is 10.8. The highest BCUT2D eigenvalue weighted by atomic mass is 16.2. The molecule has 0 aromatic carbocycles. The van der Waals surface area contributed by atoms with Crippen molar-refractivity contribution in [2.75, 3.05) is 6.54 Å². The van der Waals surface area contributed by atoms with Crippen molar-refractivity contribution in [2.45, 2.75) is 59.5 Å². The normalized spacial score (nSPS) is 19.5. The van der Waals surface area contributed by atoms with Crippen LogP contribution in [0.4, 0.5) is 0 Å². The molecule has 23 heavy (non-hydrogen) atoms. The number of nitrogens with zero attached hydrogens (tertiary/aromatic N) is 3. The standard InChI is InChI=1S/C17H28N4O2/c1-7-14(16-11(4)19-20(6)12(16)5)18-17(23)13-8-15(22)21(9-13)10(2)3/h10,13-14H,7-9H2,1-6H3,(H,18,23)/t13-,14+/m0/s1. The Hall–Kier alpha value is -1.85. The Kier molecular flexibility index (Phi) is 5.12. The zero-order valence-corrected chi connectivity index (χ0v) is 15.0. The number of nitrogens with one attached hydrogen (secondary N) is 1. The number of aryl methyl sites for hydroxylation is 2. The van der Waals surface area contributed by atoms with Gasteiger partial charge in [0.15, 0.2) is 0 Å².